The molecule has 108 valence electrons. The van der Waals surface area contributed by atoms with Crippen molar-refractivity contribution in [1.29, 1.82) is 0 Å². The molecule has 0 bridgehead atoms. The summed E-state index contributed by atoms with van der Waals surface area (Å²) >= 11 is 0. The molecule has 20 heavy (non-hydrogen) atoms. The lowest BCUT2D eigenvalue weighted by Crippen LogP contribution is -2.60. The molecule has 2 aliphatic rings. The lowest BCUT2D eigenvalue weighted by Gasteiger charge is -2.50. The maximum Gasteiger partial charge on any atom is 0.322 e. The van der Waals surface area contributed by atoms with Gasteiger partial charge in [-0.25, -0.2) is 9.18 Å². The summed E-state index contributed by atoms with van der Waals surface area (Å²) in [5, 5.41) is 2.60. The Kier molecular flexibility index (Phi) is 3.33. The highest BCUT2D eigenvalue weighted by Crippen LogP contribution is 2.39. The van der Waals surface area contributed by atoms with Crippen LogP contribution < -0.4 is 5.32 Å². The van der Waals surface area contributed by atoms with E-state index in [2.05, 4.69) is 10.3 Å². The molecule has 1 spiro atoms. The van der Waals surface area contributed by atoms with E-state index >= 15 is 0 Å². The second-order valence-corrected chi connectivity index (χ2v) is 5.63. The largest absolute Gasteiger partial charge is 0.368 e. The topological polar surface area (TPSA) is 54.5 Å². The van der Waals surface area contributed by atoms with Crippen LogP contribution in [0.2, 0.25) is 0 Å². The van der Waals surface area contributed by atoms with Gasteiger partial charge in [-0.3, -0.25) is 4.98 Å². The normalized spacial score (nSPS) is 24.3. The third-order valence-corrected chi connectivity index (χ3v) is 3.97. The van der Waals surface area contributed by atoms with Crippen LogP contribution in [0.1, 0.15) is 26.2 Å². The van der Waals surface area contributed by atoms with Crippen molar-refractivity contribution in [3.05, 3.63) is 24.3 Å². The fraction of sp³-hybridized carbons (Fsp3) is 0.571. The summed E-state index contributed by atoms with van der Waals surface area (Å²) < 4.78 is 19.5. The lowest BCUT2D eigenvalue weighted by atomic mass is 9.78. The van der Waals surface area contributed by atoms with Crippen LogP contribution in [0.3, 0.4) is 0 Å². The van der Waals surface area contributed by atoms with Crippen molar-refractivity contribution in [2.45, 2.75) is 37.9 Å². The number of pyridine rings is 1. The van der Waals surface area contributed by atoms with Crippen LogP contribution in [0.15, 0.2) is 18.5 Å². The maximum absolute atomic E-state index is 13.5. The molecule has 6 heteroatoms. The van der Waals surface area contributed by atoms with E-state index in [4.69, 9.17) is 4.74 Å². The lowest BCUT2D eigenvalue weighted by molar-refractivity contribution is -0.174. The minimum Gasteiger partial charge on any atom is -0.368 e. The van der Waals surface area contributed by atoms with Crippen molar-refractivity contribution in [3.8, 4) is 0 Å². The predicted octanol–water partition coefficient (Wildman–Crippen LogP) is 2.40. The van der Waals surface area contributed by atoms with Gasteiger partial charge in [0.05, 0.1) is 30.1 Å². The van der Waals surface area contributed by atoms with Crippen molar-refractivity contribution < 1.29 is 13.9 Å². The summed E-state index contributed by atoms with van der Waals surface area (Å²) in [5.41, 5.74) is -0.0157. The molecule has 1 saturated carbocycles. The van der Waals surface area contributed by atoms with Crippen molar-refractivity contribution in [2.24, 2.45) is 0 Å². The van der Waals surface area contributed by atoms with E-state index in [1.54, 1.807) is 4.90 Å². The molecule has 1 aliphatic carbocycles. The Morgan fingerprint density at radius 1 is 1.60 bits per heavy atom. The van der Waals surface area contributed by atoms with Gasteiger partial charge in [-0.1, -0.05) is 0 Å². The van der Waals surface area contributed by atoms with Crippen LogP contribution in [0.25, 0.3) is 0 Å². The molecule has 1 aromatic rings. The fourth-order valence-corrected chi connectivity index (χ4v) is 2.90. The zero-order valence-electron chi connectivity index (χ0n) is 11.4. The first-order chi connectivity index (χ1) is 9.58. The fourth-order valence-electron chi connectivity index (χ4n) is 2.90. The molecule has 3 rings (SSSR count). The van der Waals surface area contributed by atoms with Crippen LogP contribution in [0.5, 0.6) is 0 Å². The second-order valence-electron chi connectivity index (χ2n) is 5.63. The zero-order chi connectivity index (χ0) is 14.2. The summed E-state index contributed by atoms with van der Waals surface area (Å²) in [6.45, 7) is 3.07. The zero-order valence-corrected chi connectivity index (χ0v) is 11.4. The molecule has 2 fully saturated rings. The van der Waals surface area contributed by atoms with Gasteiger partial charge in [-0.15, -0.1) is 0 Å². The van der Waals surface area contributed by atoms with Crippen LogP contribution in [-0.4, -0.2) is 40.7 Å². The number of anilines is 1. The first-order valence-corrected chi connectivity index (χ1v) is 6.91. The number of nitrogens with zero attached hydrogens (tertiary/aromatic N) is 2. The van der Waals surface area contributed by atoms with Gasteiger partial charge < -0.3 is 15.0 Å². The summed E-state index contributed by atoms with van der Waals surface area (Å²) in [6.07, 6.45) is 5.67. The number of morpholine rings is 1. The number of hydrogen-bond acceptors (Lipinski definition) is 3. The summed E-state index contributed by atoms with van der Waals surface area (Å²) in [7, 11) is 0. The van der Waals surface area contributed by atoms with Crippen molar-refractivity contribution in [3.63, 3.8) is 0 Å². The highest BCUT2D eigenvalue weighted by Gasteiger charge is 2.45. The average Bonchev–Trinajstić information content (AvgIpc) is 2.39. The first kappa shape index (κ1) is 13.3. The highest BCUT2D eigenvalue weighted by atomic mass is 19.1. The molecule has 0 radical (unpaired) electrons. The second kappa shape index (κ2) is 5.01. The number of nitrogens with one attached hydrogen (secondary N) is 1. The monoisotopic (exact) mass is 279 g/mol. The number of urea groups is 1. The van der Waals surface area contributed by atoms with Gasteiger partial charge >= 0.3 is 6.03 Å². The van der Waals surface area contributed by atoms with Gasteiger partial charge in [0, 0.05) is 12.7 Å². The summed E-state index contributed by atoms with van der Waals surface area (Å²) in [4.78, 5) is 17.6. The summed E-state index contributed by atoms with van der Waals surface area (Å²) in [6, 6.07) is 1.17. The van der Waals surface area contributed by atoms with Crippen molar-refractivity contribution in [2.75, 3.05) is 18.4 Å². The highest BCUT2D eigenvalue weighted by molar-refractivity contribution is 5.89. The Balaban J connectivity index is 1.69. The van der Waals surface area contributed by atoms with Crippen LogP contribution in [-0.2, 0) is 4.74 Å². The molecule has 1 aliphatic heterocycles. The molecule has 1 atom stereocenters. The van der Waals surface area contributed by atoms with E-state index in [0.717, 1.165) is 25.5 Å². The minimum atomic E-state index is -0.527. The van der Waals surface area contributed by atoms with Gasteiger partial charge in [0.25, 0.3) is 0 Å². The molecule has 1 aromatic heterocycles. The van der Waals surface area contributed by atoms with Gasteiger partial charge in [-0.2, -0.15) is 0 Å². The number of aromatic nitrogens is 1. The Bertz CT molecular complexity index is 519. The minimum absolute atomic E-state index is 0.0112. The number of carbonyl (C=O) groups excluding carboxylic acids is 1. The third kappa shape index (κ3) is 2.47. The Hall–Kier alpha value is -1.69. The Labute approximate surface area is 117 Å². The van der Waals surface area contributed by atoms with E-state index in [1.807, 2.05) is 6.92 Å². The quantitative estimate of drug-likeness (QED) is 0.858. The molecule has 1 saturated heterocycles. The van der Waals surface area contributed by atoms with Crippen LogP contribution in [0, 0.1) is 5.82 Å². The van der Waals surface area contributed by atoms with E-state index in [0.29, 0.717) is 13.1 Å². The number of ether oxygens (including phenoxy) is 1. The van der Waals surface area contributed by atoms with Crippen LogP contribution in [0.4, 0.5) is 14.9 Å². The number of hydrogen-bond donors (Lipinski definition) is 1. The van der Waals surface area contributed by atoms with Crippen molar-refractivity contribution in [1.82, 2.24) is 9.88 Å². The number of amides is 2. The SMILES string of the molecule is CC1CN(C(=O)Nc2ccncc2F)CC2(CCC2)O1. The molecule has 1 N–H and O–H groups in total. The van der Waals surface area contributed by atoms with E-state index < -0.39 is 5.82 Å². The molecule has 5 nitrogen and oxygen atoms in total. The van der Waals surface area contributed by atoms with Crippen LogP contribution >= 0.6 is 0 Å². The Morgan fingerprint density at radius 3 is 3.05 bits per heavy atom. The van der Waals surface area contributed by atoms with E-state index in [9.17, 15) is 9.18 Å². The number of rotatable bonds is 1. The molecule has 2 amide bonds. The van der Waals surface area contributed by atoms with E-state index in [-0.39, 0.29) is 23.4 Å². The van der Waals surface area contributed by atoms with Gasteiger partial charge in [0.1, 0.15) is 0 Å². The first-order valence-electron chi connectivity index (χ1n) is 6.91. The summed E-state index contributed by atoms with van der Waals surface area (Å²) in [5.74, 6) is -0.527. The number of carbonyl (C=O) groups is 1. The van der Waals surface area contributed by atoms with Gasteiger partial charge in [0.2, 0.25) is 0 Å². The van der Waals surface area contributed by atoms with Gasteiger partial charge in [0.15, 0.2) is 5.82 Å². The third-order valence-electron chi connectivity index (χ3n) is 3.97. The standard InChI is InChI=1S/C14H18FN3O2/c1-10-8-18(9-14(20-10)4-2-5-14)13(19)17-12-3-6-16-7-11(12)15/h3,6-7,10H,2,4-5,8-9H2,1H3,(H,16,17,19). The molecular formula is C14H18FN3O2. The molecular weight excluding hydrogens is 261 g/mol. The molecule has 0 aromatic carbocycles. The average molecular weight is 279 g/mol. The Morgan fingerprint density at radius 2 is 2.40 bits per heavy atom. The van der Waals surface area contributed by atoms with Gasteiger partial charge in [-0.05, 0) is 32.3 Å². The maximum atomic E-state index is 13.5. The van der Waals surface area contributed by atoms with Crippen molar-refractivity contribution >= 4 is 11.7 Å². The van der Waals surface area contributed by atoms with E-state index in [1.165, 1.54) is 12.3 Å². The number of halogens is 1. The molecule has 2 heterocycles. The smallest absolute Gasteiger partial charge is 0.322 e. The molecule has 1 unspecified atom stereocenters. The predicted molar refractivity (Wildman–Crippen MR) is 71.9 cm³/mol.